The van der Waals surface area contributed by atoms with Crippen LogP contribution in [0.5, 0.6) is 5.75 Å². The molecule has 0 aliphatic carbocycles. The molecule has 0 radical (unpaired) electrons. The van der Waals surface area contributed by atoms with Gasteiger partial charge in [0.05, 0.1) is 22.3 Å². The van der Waals surface area contributed by atoms with Gasteiger partial charge in [-0.05, 0) is 119 Å². The van der Waals surface area contributed by atoms with Gasteiger partial charge in [-0.15, -0.1) is 0 Å². The highest BCUT2D eigenvalue weighted by atomic mass is 35.5. The molecule has 0 saturated carbocycles. The third kappa shape index (κ3) is 18.6. The first kappa shape index (κ1) is 52.4. The molecule has 15 heteroatoms. The number of aromatic nitrogens is 3. The Morgan fingerprint density at radius 2 is 1.05 bits per heavy atom. The molecule has 1 atom stereocenters. The zero-order valence-corrected chi connectivity index (χ0v) is 42.9. The Balaban J connectivity index is 0.000000161. The smallest absolute Gasteiger partial charge is 0.269 e. The number of hydrogen-bond donors (Lipinski definition) is 1. The van der Waals surface area contributed by atoms with E-state index in [1.54, 1.807) is 30.3 Å². The summed E-state index contributed by atoms with van der Waals surface area (Å²) in [6.07, 6.45) is 2.75. The summed E-state index contributed by atoms with van der Waals surface area (Å²) in [6, 6.07) is 64.7. The lowest BCUT2D eigenvalue weighted by molar-refractivity contribution is 0.304. The Bertz CT molecular complexity index is 2490. The maximum absolute atomic E-state index is 6.13. The van der Waals surface area contributed by atoms with Crippen molar-refractivity contribution in [1.82, 2.24) is 15.0 Å². The van der Waals surface area contributed by atoms with Crippen molar-refractivity contribution in [3.8, 4) is 28.0 Å². The molecule has 1 saturated heterocycles. The van der Waals surface area contributed by atoms with E-state index in [0.717, 1.165) is 11.9 Å². The molecule has 2 heterocycles. The number of hydrogen-bond acceptors (Lipinski definition) is 8. The molecule has 7 aromatic carbocycles. The van der Waals surface area contributed by atoms with Gasteiger partial charge in [-0.1, -0.05) is 193 Å². The van der Waals surface area contributed by atoms with Gasteiger partial charge in [0, 0.05) is 16.9 Å². The lowest BCUT2D eigenvalue weighted by atomic mass is 10.1. The monoisotopic (exact) mass is 1030 g/mol. The van der Waals surface area contributed by atoms with Crippen LogP contribution < -0.4 is 15.1 Å². The van der Waals surface area contributed by atoms with Crippen molar-refractivity contribution in [2.45, 2.75) is 25.8 Å². The molecule has 66 heavy (non-hydrogen) atoms. The molecule has 0 spiro atoms. The van der Waals surface area contributed by atoms with Crippen LogP contribution in [0.25, 0.3) is 22.3 Å². The van der Waals surface area contributed by atoms with Gasteiger partial charge in [0.2, 0.25) is 16.5 Å². The lowest BCUT2D eigenvalue weighted by Gasteiger charge is -2.23. The van der Waals surface area contributed by atoms with E-state index in [9.17, 15) is 0 Å². The first-order valence-electron chi connectivity index (χ1n) is 21.0. The average Bonchev–Trinajstić information content (AvgIpc) is 3.36. The molecule has 9 rings (SSSR count). The second-order valence-electron chi connectivity index (χ2n) is 13.9. The lowest BCUT2D eigenvalue weighted by Crippen LogP contribution is -2.12. The summed E-state index contributed by atoms with van der Waals surface area (Å²) in [4.78, 5) is 11.4. The van der Waals surface area contributed by atoms with Crippen LogP contribution in [-0.2, 0) is 20.8 Å². The first-order valence-corrected chi connectivity index (χ1v) is 27.1. The van der Waals surface area contributed by atoms with Crippen molar-refractivity contribution in [1.29, 1.82) is 0 Å². The Morgan fingerprint density at radius 3 is 1.44 bits per heavy atom. The molecule has 1 unspecified atom stereocenters. The summed E-state index contributed by atoms with van der Waals surface area (Å²) in [5, 5.41) is 5.30. The number of anilines is 2. The largest absolute Gasteiger partial charge is 0.439 e. The quantitative estimate of drug-likeness (QED) is 0.113. The summed E-state index contributed by atoms with van der Waals surface area (Å²) in [7, 11) is 0.00849. The molecule has 1 fully saturated rings. The fourth-order valence-corrected chi connectivity index (χ4v) is 10.6. The minimum atomic E-state index is -2.63. The molecule has 8 aromatic rings. The van der Waals surface area contributed by atoms with Gasteiger partial charge >= 0.3 is 0 Å². The van der Waals surface area contributed by atoms with Crippen LogP contribution in [0.15, 0.2) is 194 Å². The van der Waals surface area contributed by atoms with Crippen LogP contribution in [0.1, 0.15) is 19.8 Å². The van der Waals surface area contributed by atoms with Gasteiger partial charge in [0.1, 0.15) is 5.75 Å². The SMILES string of the molecule is C1CC[SiH2]OC1.CCOP(=S)(Oc1ccc(Cl)cc1Cl)c1ccccc1.Clc1nc(Cl)nc(Nc2ccccc2Cl)n1.c1ccc(-c2ccccc2)cc1.c1ccc(-c2ccccc2)cc1. The van der Waals surface area contributed by atoms with Crippen LogP contribution in [-0.4, -0.2) is 37.9 Å². The minimum Gasteiger partial charge on any atom is -0.439 e. The van der Waals surface area contributed by atoms with Gasteiger partial charge in [-0.25, -0.2) is 0 Å². The van der Waals surface area contributed by atoms with Crippen molar-refractivity contribution in [2.24, 2.45) is 0 Å². The number of halogens is 5. The van der Waals surface area contributed by atoms with Gasteiger partial charge in [-0.3, -0.25) is 0 Å². The van der Waals surface area contributed by atoms with E-state index in [1.807, 2.05) is 73.7 Å². The normalized spacial score (nSPS) is 12.7. The standard InChI is InChI=1S/C14H13Cl2O2PS.2C12H10.C9H5Cl3N4.C4H10OSi/c1-2-17-19(20,12-6-4-3-5-7-12)18-14-9-8-11(15)10-13(14)16;2*1-3-7-11(8-4-1)12-9-5-2-6-10-12;10-5-3-1-2-4-6(5)13-9-15-7(11)14-8(12)16-9;1-2-4-6-5-3-1/h3-10H,2H2,1H3;2*1-10H;1-4H,(H,13,14,15,16);1-4,6H2. The molecular formula is C51H48Cl5N4O3PSSi. The second-order valence-corrected chi connectivity index (χ2v) is 20.7. The predicted octanol–water partition coefficient (Wildman–Crippen LogP) is 15.6. The van der Waals surface area contributed by atoms with Crippen molar-refractivity contribution in [3.05, 3.63) is 220 Å². The highest BCUT2D eigenvalue weighted by Gasteiger charge is 2.24. The van der Waals surface area contributed by atoms with E-state index >= 15 is 0 Å². The van der Waals surface area contributed by atoms with Crippen LogP contribution in [0.2, 0.25) is 31.7 Å². The number of para-hydroxylation sites is 1. The molecule has 1 aliphatic heterocycles. The Morgan fingerprint density at radius 1 is 0.576 bits per heavy atom. The summed E-state index contributed by atoms with van der Waals surface area (Å²) < 4.78 is 16.9. The van der Waals surface area contributed by atoms with Crippen molar-refractivity contribution in [2.75, 3.05) is 18.5 Å². The van der Waals surface area contributed by atoms with E-state index in [-0.39, 0.29) is 26.3 Å². The third-order valence-corrected chi connectivity index (χ3v) is 14.7. The zero-order valence-electron chi connectivity index (χ0n) is 36.0. The van der Waals surface area contributed by atoms with Crippen LogP contribution in [0.3, 0.4) is 0 Å². The Labute approximate surface area is 420 Å². The van der Waals surface area contributed by atoms with E-state index in [2.05, 4.69) is 117 Å². The summed E-state index contributed by atoms with van der Waals surface area (Å²) >= 11 is 34.9. The minimum absolute atomic E-state index is 0.00849. The third-order valence-electron chi connectivity index (χ3n) is 9.02. The highest BCUT2D eigenvalue weighted by molar-refractivity contribution is 8.13. The topological polar surface area (TPSA) is 78.4 Å². The second kappa shape index (κ2) is 29.2. The van der Waals surface area contributed by atoms with Crippen molar-refractivity contribution in [3.63, 3.8) is 0 Å². The van der Waals surface area contributed by atoms with E-state index in [1.165, 1.54) is 41.1 Å². The molecule has 1 aromatic heterocycles. The van der Waals surface area contributed by atoms with Gasteiger partial charge in [0.25, 0.3) is 6.49 Å². The van der Waals surface area contributed by atoms with E-state index < -0.39 is 6.49 Å². The van der Waals surface area contributed by atoms with Gasteiger partial charge in [0.15, 0.2) is 9.76 Å². The summed E-state index contributed by atoms with van der Waals surface area (Å²) in [5.41, 5.74) is 5.77. The Kier molecular flexibility index (Phi) is 23.2. The number of benzene rings is 7. The number of nitrogens with one attached hydrogen (secondary N) is 1. The summed E-state index contributed by atoms with van der Waals surface area (Å²) in [5.74, 6) is 0.731. The molecule has 1 N–H and O–H groups in total. The molecule has 7 nitrogen and oxygen atoms in total. The van der Waals surface area contributed by atoms with E-state index in [4.69, 9.17) is 83.3 Å². The first-order chi connectivity index (χ1) is 32.1. The fourth-order valence-electron chi connectivity index (χ4n) is 5.89. The molecule has 0 amide bonds. The molecule has 1 aliphatic rings. The van der Waals surface area contributed by atoms with Crippen molar-refractivity contribution >= 4 is 103 Å². The van der Waals surface area contributed by atoms with Crippen LogP contribution in [0.4, 0.5) is 11.6 Å². The number of nitrogens with zero attached hydrogens (tertiary/aromatic N) is 3. The van der Waals surface area contributed by atoms with Gasteiger partial charge < -0.3 is 18.8 Å². The fraction of sp³-hybridized carbons (Fsp3) is 0.118. The number of rotatable bonds is 9. The summed E-state index contributed by atoms with van der Waals surface area (Å²) in [6.45, 7) is 0.787. The molecular weight excluding hydrogens is 985 g/mol. The van der Waals surface area contributed by atoms with Crippen LogP contribution >= 0.6 is 64.5 Å². The molecule has 0 bridgehead atoms. The van der Waals surface area contributed by atoms with Crippen LogP contribution in [0, 0.1) is 0 Å². The maximum atomic E-state index is 6.13. The van der Waals surface area contributed by atoms with Gasteiger partial charge in [-0.2, -0.15) is 15.0 Å². The zero-order chi connectivity index (χ0) is 46.8. The molecule has 340 valence electrons. The highest BCUT2D eigenvalue weighted by Crippen LogP contribution is 2.49. The average molecular weight is 1030 g/mol. The Hall–Kier alpha value is -4.61. The predicted molar refractivity (Wildman–Crippen MR) is 286 cm³/mol. The maximum Gasteiger partial charge on any atom is 0.269 e. The van der Waals surface area contributed by atoms with Crippen molar-refractivity contribution < 1.29 is 13.5 Å². The van der Waals surface area contributed by atoms with E-state index in [0.29, 0.717) is 33.1 Å².